The average molecular weight is 254 g/mol. The fraction of sp³-hybridized carbons (Fsp3) is 0.500. The molecule has 0 bridgehead atoms. The highest BCUT2D eigenvalue weighted by Gasteiger charge is 2.30. The molecular weight excluding hydrogens is 236 g/mol. The van der Waals surface area contributed by atoms with Crippen molar-refractivity contribution < 1.29 is 8.42 Å². The van der Waals surface area contributed by atoms with Gasteiger partial charge in [-0.1, -0.05) is 6.07 Å². The van der Waals surface area contributed by atoms with Crippen molar-refractivity contribution in [1.29, 1.82) is 0 Å². The normalized spacial score (nSPS) is 17.5. The molecule has 0 spiro atoms. The van der Waals surface area contributed by atoms with Gasteiger partial charge < -0.3 is 5.73 Å². The van der Waals surface area contributed by atoms with E-state index in [1.54, 1.807) is 6.07 Å². The van der Waals surface area contributed by atoms with Gasteiger partial charge in [0.25, 0.3) is 0 Å². The Bertz CT molecular complexity index is 532. The zero-order valence-corrected chi connectivity index (χ0v) is 11.0. The van der Waals surface area contributed by atoms with Crippen molar-refractivity contribution in [1.82, 2.24) is 4.31 Å². The van der Waals surface area contributed by atoms with Crippen LogP contribution in [-0.4, -0.2) is 25.8 Å². The fourth-order valence-corrected chi connectivity index (χ4v) is 4.12. The summed E-state index contributed by atoms with van der Waals surface area (Å²) in [5, 5.41) is 0. The van der Waals surface area contributed by atoms with E-state index in [9.17, 15) is 8.42 Å². The zero-order valence-electron chi connectivity index (χ0n) is 10.2. The first-order valence-electron chi connectivity index (χ1n) is 5.80. The number of nitrogens with zero attached hydrogens (tertiary/aromatic N) is 1. The summed E-state index contributed by atoms with van der Waals surface area (Å²) >= 11 is 0. The van der Waals surface area contributed by atoms with Gasteiger partial charge in [-0.05, 0) is 43.9 Å². The van der Waals surface area contributed by atoms with Gasteiger partial charge in [0.2, 0.25) is 10.0 Å². The number of nitrogen functional groups attached to an aromatic ring is 1. The maximum Gasteiger partial charge on any atom is 0.245 e. The third-order valence-corrected chi connectivity index (χ3v) is 5.47. The number of hydrogen-bond acceptors (Lipinski definition) is 3. The van der Waals surface area contributed by atoms with E-state index in [0.717, 1.165) is 24.0 Å². The molecule has 1 heterocycles. The Morgan fingerprint density at radius 3 is 2.35 bits per heavy atom. The predicted octanol–water partition coefficient (Wildman–Crippen LogP) is 1.67. The van der Waals surface area contributed by atoms with Crippen LogP contribution >= 0.6 is 0 Å². The van der Waals surface area contributed by atoms with Crippen LogP contribution in [0.1, 0.15) is 24.0 Å². The molecule has 2 rings (SSSR count). The van der Waals surface area contributed by atoms with Gasteiger partial charge in [-0.25, -0.2) is 8.42 Å². The molecule has 0 radical (unpaired) electrons. The first kappa shape index (κ1) is 12.4. The minimum atomic E-state index is -3.41. The monoisotopic (exact) mass is 254 g/mol. The molecule has 94 valence electrons. The Morgan fingerprint density at radius 1 is 1.18 bits per heavy atom. The Hall–Kier alpha value is -1.07. The SMILES string of the molecule is Cc1ccc(N)c(S(=O)(=O)N2CCCC2)c1C. The summed E-state index contributed by atoms with van der Waals surface area (Å²) in [6.45, 7) is 4.93. The molecular formula is C12H18N2O2S. The van der Waals surface area contributed by atoms with Crippen molar-refractivity contribution in [2.75, 3.05) is 18.8 Å². The molecule has 1 aliphatic rings. The third kappa shape index (κ3) is 2.05. The first-order chi connectivity index (χ1) is 7.94. The maximum atomic E-state index is 12.5. The second-order valence-corrected chi connectivity index (χ2v) is 6.41. The number of anilines is 1. The van der Waals surface area contributed by atoms with Crippen LogP contribution in [0.15, 0.2) is 17.0 Å². The van der Waals surface area contributed by atoms with Crippen molar-refractivity contribution in [2.24, 2.45) is 0 Å². The molecule has 1 aromatic carbocycles. The van der Waals surface area contributed by atoms with Gasteiger partial charge in [0.15, 0.2) is 0 Å². The zero-order chi connectivity index (χ0) is 12.6. The van der Waals surface area contributed by atoms with E-state index in [0.29, 0.717) is 23.7 Å². The quantitative estimate of drug-likeness (QED) is 0.817. The second kappa shape index (κ2) is 4.31. The van der Waals surface area contributed by atoms with Gasteiger partial charge in [0, 0.05) is 13.1 Å². The van der Waals surface area contributed by atoms with Gasteiger partial charge in [0.1, 0.15) is 4.90 Å². The summed E-state index contributed by atoms with van der Waals surface area (Å²) in [4.78, 5) is 0.291. The smallest absolute Gasteiger partial charge is 0.245 e. The van der Waals surface area contributed by atoms with E-state index >= 15 is 0 Å². The summed E-state index contributed by atoms with van der Waals surface area (Å²) in [5.74, 6) is 0. The van der Waals surface area contributed by atoms with Gasteiger partial charge in [-0.2, -0.15) is 4.31 Å². The van der Waals surface area contributed by atoms with Gasteiger partial charge >= 0.3 is 0 Å². The number of benzene rings is 1. The van der Waals surface area contributed by atoms with Crippen molar-refractivity contribution in [3.05, 3.63) is 23.3 Å². The van der Waals surface area contributed by atoms with E-state index in [2.05, 4.69) is 0 Å². The Labute approximate surface area is 102 Å². The first-order valence-corrected chi connectivity index (χ1v) is 7.24. The van der Waals surface area contributed by atoms with Crippen molar-refractivity contribution in [3.8, 4) is 0 Å². The van der Waals surface area contributed by atoms with Crippen molar-refractivity contribution in [3.63, 3.8) is 0 Å². The summed E-state index contributed by atoms with van der Waals surface area (Å²) in [6.07, 6.45) is 1.87. The van der Waals surface area contributed by atoms with Crippen LogP contribution in [0.25, 0.3) is 0 Å². The lowest BCUT2D eigenvalue weighted by atomic mass is 10.1. The van der Waals surface area contributed by atoms with Crippen LogP contribution in [0.5, 0.6) is 0 Å². The molecule has 5 heteroatoms. The number of rotatable bonds is 2. The summed E-state index contributed by atoms with van der Waals surface area (Å²) in [5.41, 5.74) is 7.90. The fourth-order valence-electron chi connectivity index (χ4n) is 2.21. The van der Waals surface area contributed by atoms with Gasteiger partial charge in [-0.15, -0.1) is 0 Å². The summed E-state index contributed by atoms with van der Waals surface area (Å²) in [6, 6.07) is 3.53. The van der Waals surface area contributed by atoms with Crippen molar-refractivity contribution >= 4 is 15.7 Å². The lowest BCUT2D eigenvalue weighted by molar-refractivity contribution is 0.477. The molecule has 0 atom stereocenters. The number of hydrogen-bond donors (Lipinski definition) is 1. The highest BCUT2D eigenvalue weighted by Crippen LogP contribution is 2.29. The Morgan fingerprint density at radius 2 is 1.76 bits per heavy atom. The number of nitrogens with two attached hydrogens (primary N) is 1. The molecule has 1 aromatic rings. The molecule has 4 nitrogen and oxygen atoms in total. The molecule has 0 saturated carbocycles. The highest BCUT2D eigenvalue weighted by molar-refractivity contribution is 7.89. The molecule has 0 unspecified atom stereocenters. The van der Waals surface area contributed by atoms with Crippen LogP contribution in [0.4, 0.5) is 5.69 Å². The predicted molar refractivity (Wildman–Crippen MR) is 68.3 cm³/mol. The van der Waals surface area contributed by atoms with Crippen LogP contribution in [0.3, 0.4) is 0 Å². The minimum Gasteiger partial charge on any atom is -0.398 e. The van der Waals surface area contributed by atoms with E-state index in [1.165, 1.54) is 4.31 Å². The van der Waals surface area contributed by atoms with E-state index < -0.39 is 10.0 Å². The van der Waals surface area contributed by atoms with Crippen LogP contribution in [-0.2, 0) is 10.0 Å². The molecule has 2 N–H and O–H groups in total. The van der Waals surface area contributed by atoms with E-state index in [4.69, 9.17) is 5.73 Å². The van der Waals surface area contributed by atoms with Crippen molar-refractivity contribution in [2.45, 2.75) is 31.6 Å². The topological polar surface area (TPSA) is 63.4 Å². The summed E-state index contributed by atoms with van der Waals surface area (Å²) in [7, 11) is -3.41. The molecule has 0 aliphatic carbocycles. The Kier molecular flexibility index (Phi) is 3.14. The molecule has 1 fully saturated rings. The molecule has 17 heavy (non-hydrogen) atoms. The van der Waals surface area contributed by atoms with Gasteiger partial charge in [-0.3, -0.25) is 0 Å². The number of aryl methyl sites for hydroxylation is 1. The van der Waals surface area contributed by atoms with Crippen LogP contribution < -0.4 is 5.73 Å². The molecule has 0 amide bonds. The number of sulfonamides is 1. The lowest BCUT2D eigenvalue weighted by Gasteiger charge is -2.19. The second-order valence-electron chi connectivity index (χ2n) is 4.54. The largest absolute Gasteiger partial charge is 0.398 e. The van der Waals surface area contributed by atoms with Crippen LogP contribution in [0.2, 0.25) is 0 Å². The van der Waals surface area contributed by atoms with E-state index in [-0.39, 0.29) is 0 Å². The van der Waals surface area contributed by atoms with Gasteiger partial charge in [0.05, 0.1) is 5.69 Å². The Balaban J connectivity index is 2.56. The maximum absolute atomic E-state index is 12.5. The molecule has 1 aliphatic heterocycles. The van der Waals surface area contributed by atoms with Crippen LogP contribution in [0, 0.1) is 13.8 Å². The summed E-state index contributed by atoms with van der Waals surface area (Å²) < 4.78 is 26.5. The highest BCUT2D eigenvalue weighted by atomic mass is 32.2. The third-order valence-electron chi connectivity index (χ3n) is 3.37. The standard InChI is InChI=1S/C12H18N2O2S/c1-9-5-6-11(13)12(10(9)2)17(15,16)14-7-3-4-8-14/h5-6H,3-4,7-8,13H2,1-2H3. The molecule has 0 aromatic heterocycles. The minimum absolute atomic E-state index is 0.291. The molecule has 1 saturated heterocycles. The van der Waals surface area contributed by atoms with E-state index in [1.807, 2.05) is 19.9 Å². The average Bonchev–Trinajstić information content (AvgIpc) is 2.77. The lowest BCUT2D eigenvalue weighted by Crippen LogP contribution is -2.29.